The molecule has 19 heavy (non-hydrogen) atoms. The molecule has 0 spiro atoms. The molecule has 1 fully saturated rings. The molecule has 0 aromatic rings. The molecule has 1 unspecified atom stereocenters. The van der Waals surface area contributed by atoms with E-state index in [4.69, 9.17) is 5.11 Å². The Hall–Kier alpha value is -0.570. The van der Waals surface area contributed by atoms with Gasteiger partial charge in [0.2, 0.25) is 0 Å². The van der Waals surface area contributed by atoms with Crippen molar-refractivity contribution in [3.05, 3.63) is 0 Å². The third kappa shape index (κ3) is 6.95. The first-order valence-corrected chi connectivity index (χ1v) is 7.84. The molecule has 1 rings (SSSR count). The summed E-state index contributed by atoms with van der Waals surface area (Å²) in [4.78, 5) is 13.3. The van der Waals surface area contributed by atoms with Gasteiger partial charge in [0, 0.05) is 6.42 Å². The number of rotatable bonds is 6. The fourth-order valence-electron chi connectivity index (χ4n) is 3.01. The molecule has 1 N–H and O–H groups in total. The second-order valence-corrected chi connectivity index (χ2v) is 7.04. The lowest BCUT2D eigenvalue weighted by Crippen LogP contribution is -2.30. The van der Waals surface area contributed by atoms with Gasteiger partial charge in [0.15, 0.2) is 0 Å². The van der Waals surface area contributed by atoms with E-state index >= 15 is 0 Å². The molecule has 3 heteroatoms. The van der Waals surface area contributed by atoms with Gasteiger partial charge in [0.1, 0.15) is 0 Å². The average Bonchev–Trinajstić information content (AvgIpc) is 2.55. The van der Waals surface area contributed by atoms with E-state index in [-0.39, 0.29) is 5.41 Å². The Kier molecular flexibility index (Phi) is 6.84. The number of carboxylic acids is 1. The van der Waals surface area contributed by atoms with Crippen molar-refractivity contribution in [2.75, 3.05) is 19.6 Å². The van der Waals surface area contributed by atoms with E-state index in [0.717, 1.165) is 19.4 Å². The Morgan fingerprint density at radius 2 is 1.68 bits per heavy atom. The van der Waals surface area contributed by atoms with Crippen LogP contribution >= 0.6 is 0 Å². The van der Waals surface area contributed by atoms with Crippen molar-refractivity contribution in [3.63, 3.8) is 0 Å². The maximum absolute atomic E-state index is 10.8. The second kappa shape index (κ2) is 7.88. The van der Waals surface area contributed by atoms with Gasteiger partial charge in [0.25, 0.3) is 0 Å². The molecule has 0 bridgehead atoms. The summed E-state index contributed by atoms with van der Waals surface area (Å²) in [5.41, 5.74) is 0.210. The topological polar surface area (TPSA) is 40.5 Å². The van der Waals surface area contributed by atoms with Crippen LogP contribution in [0, 0.1) is 11.3 Å². The van der Waals surface area contributed by atoms with Gasteiger partial charge in [-0.15, -0.1) is 0 Å². The second-order valence-electron chi connectivity index (χ2n) is 7.04. The maximum Gasteiger partial charge on any atom is 0.303 e. The third-order valence-electron chi connectivity index (χ3n) is 4.42. The molecule has 0 aromatic carbocycles. The predicted molar refractivity (Wildman–Crippen MR) is 79.3 cm³/mol. The Morgan fingerprint density at radius 1 is 1.11 bits per heavy atom. The highest BCUT2D eigenvalue weighted by Crippen LogP contribution is 2.32. The van der Waals surface area contributed by atoms with Crippen LogP contribution in [0.25, 0.3) is 0 Å². The van der Waals surface area contributed by atoms with E-state index in [9.17, 15) is 4.79 Å². The van der Waals surface area contributed by atoms with Crippen LogP contribution in [0.5, 0.6) is 0 Å². The zero-order valence-corrected chi connectivity index (χ0v) is 13.0. The zero-order valence-electron chi connectivity index (χ0n) is 13.0. The Morgan fingerprint density at radius 3 is 2.16 bits per heavy atom. The minimum absolute atomic E-state index is 0.210. The molecule has 0 saturated carbocycles. The first-order valence-electron chi connectivity index (χ1n) is 7.84. The number of aliphatic carboxylic acids is 1. The van der Waals surface area contributed by atoms with Crippen molar-refractivity contribution in [1.82, 2.24) is 4.90 Å². The summed E-state index contributed by atoms with van der Waals surface area (Å²) in [7, 11) is 0. The zero-order chi connectivity index (χ0) is 14.3. The Balaban J connectivity index is 2.40. The minimum Gasteiger partial charge on any atom is -0.481 e. The fourth-order valence-corrected chi connectivity index (χ4v) is 3.01. The van der Waals surface area contributed by atoms with Crippen LogP contribution in [-0.2, 0) is 4.79 Å². The van der Waals surface area contributed by atoms with E-state index in [1.54, 1.807) is 0 Å². The van der Waals surface area contributed by atoms with Crippen LogP contribution in [0.4, 0.5) is 0 Å². The van der Waals surface area contributed by atoms with E-state index < -0.39 is 5.97 Å². The number of nitrogens with zero attached hydrogens (tertiary/aromatic N) is 1. The maximum atomic E-state index is 10.8. The van der Waals surface area contributed by atoms with Gasteiger partial charge in [-0.05, 0) is 56.7 Å². The van der Waals surface area contributed by atoms with Crippen LogP contribution in [0.1, 0.15) is 65.7 Å². The minimum atomic E-state index is -0.663. The normalized spacial score (nSPS) is 19.9. The van der Waals surface area contributed by atoms with Gasteiger partial charge >= 0.3 is 5.97 Å². The van der Waals surface area contributed by atoms with Crippen molar-refractivity contribution in [3.8, 4) is 0 Å². The molecule has 1 aliphatic heterocycles. The Labute approximate surface area is 118 Å². The van der Waals surface area contributed by atoms with Crippen LogP contribution in [0.15, 0.2) is 0 Å². The molecule has 1 aliphatic rings. The summed E-state index contributed by atoms with van der Waals surface area (Å²) in [5.74, 6) is -0.157. The van der Waals surface area contributed by atoms with Crippen molar-refractivity contribution < 1.29 is 9.90 Å². The number of likely N-dealkylation sites (tertiary alicyclic amines) is 1. The molecule has 0 aromatic heterocycles. The van der Waals surface area contributed by atoms with Crippen molar-refractivity contribution in [1.29, 1.82) is 0 Å². The molecule has 0 radical (unpaired) electrons. The lowest BCUT2D eigenvalue weighted by molar-refractivity contribution is -0.137. The van der Waals surface area contributed by atoms with Crippen LogP contribution in [-0.4, -0.2) is 35.6 Å². The quantitative estimate of drug-likeness (QED) is 0.797. The lowest BCUT2D eigenvalue weighted by Gasteiger charge is -2.32. The van der Waals surface area contributed by atoms with Crippen LogP contribution in [0.3, 0.4) is 0 Å². The number of hydrogen-bond donors (Lipinski definition) is 1. The lowest BCUT2D eigenvalue weighted by atomic mass is 9.76. The third-order valence-corrected chi connectivity index (χ3v) is 4.42. The molecule has 1 atom stereocenters. The molecule has 1 heterocycles. The van der Waals surface area contributed by atoms with Crippen molar-refractivity contribution in [2.24, 2.45) is 11.3 Å². The van der Waals surface area contributed by atoms with E-state index in [1.165, 1.54) is 38.8 Å². The summed E-state index contributed by atoms with van der Waals surface area (Å²) in [5, 5.41) is 8.87. The first-order chi connectivity index (χ1) is 8.89. The van der Waals surface area contributed by atoms with Gasteiger partial charge in [0.05, 0.1) is 0 Å². The summed E-state index contributed by atoms with van der Waals surface area (Å²) >= 11 is 0. The van der Waals surface area contributed by atoms with Gasteiger partial charge < -0.3 is 10.0 Å². The van der Waals surface area contributed by atoms with Crippen molar-refractivity contribution >= 4 is 5.97 Å². The average molecular weight is 269 g/mol. The molecule has 0 amide bonds. The van der Waals surface area contributed by atoms with E-state index in [2.05, 4.69) is 25.7 Å². The van der Waals surface area contributed by atoms with Crippen LogP contribution in [0.2, 0.25) is 0 Å². The summed E-state index contributed by atoms with van der Waals surface area (Å²) in [6, 6.07) is 0. The highest BCUT2D eigenvalue weighted by atomic mass is 16.4. The summed E-state index contributed by atoms with van der Waals surface area (Å²) < 4.78 is 0. The number of carboxylic acid groups (broad SMARTS) is 1. The molecular weight excluding hydrogens is 238 g/mol. The van der Waals surface area contributed by atoms with Gasteiger partial charge in [-0.2, -0.15) is 0 Å². The van der Waals surface area contributed by atoms with E-state index in [0.29, 0.717) is 12.3 Å². The molecule has 0 aliphatic carbocycles. The van der Waals surface area contributed by atoms with Crippen LogP contribution < -0.4 is 0 Å². The smallest absolute Gasteiger partial charge is 0.303 e. The monoisotopic (exact) mass is 269 g/mol. The standard InChI is InChI=1S/C16H31NO2/c1-16(2,3)14(8-9-15(18)19)10-13-17-11-6-4-5-7-12-17/h14H,4-13H2,1-3H3,(H,18,19). The number of hydrogen-bond acceptors (Lipinski definition) is 2. The summed E-state index contributed by atoms with van der Waals surface area (Å²) in [6.07, 6.45) is 7.66. The highest BCUT2D eigenvalue weighted by molar-refractivity contribution is 5.66. The fraction of sp³-hybridized carbons (Fsp3) is 0.938. The SMILES string of the molecule is CC(C)(C)C(CCC(=O)O)CCN1CCCCCC1. The largest absolute Gasteiger partial charge is 0.481 e. The van der Waals surface area contributed by atoms with Gasteiger partial charge in [-0.3, -0.25) is 4.79 Å². The Bertz CT molecular complexity index is 262. The predicted octanol–water partition coefficient (Wildman–Crippen LogP) is 3.78. The molecule has 3 nitrogen and oxygen atoms in total. The van der Waals surface area contributed by atoms with Gasteiger partial charge in [-0.1, -0.05) is 33.6 Å². The number of carbonyl (C=O) groups is 1. The summed E-state index contributed by atoms with van der Waals surface area (Å²) in [6.45, 7) is 10.3. The van der Waals surface area contributed by atoms with Gasteiger partial charge in [-0.25, -0.2) is 0 Å². The molecule has 1 saturated heterocycles. The molecule has 112 valence electrons. The first kappa shape index (κ1) is 16.5. The van der Waals surface area contributed by atoms with E-state index in [1.807, 2.05) is 0 Å². The van der Waals surface area contributed by atoms with Crippen molar-refractivity contribution in [2.45, 2.75) is 65.7 Å². The highest BCUT2D eigenvalue weighted by Gasteiger charge is 2.25. The molecular formula is C16H31NO2.